The Kier molecular flexibility index (Phi) is 7.39. The van der Waals surface area contributed by atoms with E-state index in [0.717, 1.165) is 97.8 Å². The molecule has 0 aliphatic heterocycles. The molecule has 0 unspecified atom stereocenters. The minimum absolute atomic E-state index is 0.0324. The van der Waals surface area contributed by atoms with Crippen LogP contribution in [0, 0.1) is 23.2 Å². The molecular formula is C32H38N4O2. The van der Waals surface area contributed by atoms with Crippen molar-refractivity contribution in [1.82, 2.24) is 20.3 Å². The molecular weight excluding hydrogens is 472 g/mol. The van der Waals surface area contributed by atoms with Crippen LogP contribution in [-0.4, -0.2) is 34.0 Å². The fourth-order valence-corrected chi connectivity index (χ4v) is 7.43. The average molecular weight is 511 g/mol. The Morgan fingerprint density at radius 3 is 1.92 bits per heavy atom. The Bertz CT molecular complexity index is 1140. The standard InChI is InChI=1S/C32H38N4O2/c37-31(32-20-23-15-24(21-32)17-25(16-23)22-32)35-13-5-1-2-8-14-38-26-18-29(27-9-3-6-11-33-27)36-30(19-26)28-10-4-7-12-34-28/h3-4,6-7,9-12,18-19,23-25H,1-2,5,8,13-17,20-22H2,(H,35,37). The number of unbranched alkanes of at least 4 members (excludes halogenated alkanes) is 3. The van der Waals surface area contributed by atoms with E-state index < -0.39 is 0 Å². The monoisotopic (exact) mass is 510 g/mol. The van der Waals surface area contributed by atoms with Crippen LogP contribution in [-0.2, 0) is 4.79 Å². The summed E-state index contributed by atoms with van der Waals surface area (Å²) < 4.78 is 6.15. The molecule has 0 saturated heterocycles. The van der Waals surface area contributed by atoms with Crippen LogP contribution in [0.3, 0.4) is 0 Å². The van der Waals surface area contributed by atoms with Crippen LogP contribution in [0.5, 0.6) is 5.75 Å². The highest BCUT2D eigenvalue weighted by atomic mass is 16.5. The molecule has 7 rings (SSSR count). The number of amides is 1. The van der Waals surface area contributed by atoms with Crippen LogP contribution in [0.1, 0.15) is 64.2 Å². The van der Waals surface area contributed by atoms with Gasteiger partial charge in [-0.25, -0.2) is 4.98 Å². The summed E-state index contributed by atoms with van der Waals surface area (Å²) in [6.45, 7) is 1.44. The Labute approximate surface area is 225 Å². The van der Waals surface area contributed by atoms with E-state index in [-0.39, 0.29) is 5.41 Å². The van der Waals surface area contributed by atoms with Crippen molar-refractivity contribution in [2.75, 3.05) is 13.2 Å². The predicted octanol–water partition coefficient (Wildman–Crippen LogP) is 6.48. The van der Waals surface area contributed by atoms with Crippen molar-refractivity contribution in [3.05, 3.63) is 60.9 Å². The average Bonchev–Trinajstić information content (AvgIpc) is 2.94. The highest BCUT2D eigenvalue weighted by Crippen LogP contribution is 2.60. The van der Waals surface area contributed by atoms with Crippen LogP contribution in [0.25, 0.3) is 22.8 Å². The number of nitrogens with zero attached hydrogens (tertiary/aromatic N) is 3. The first-order valence-corrected chi connectivity index (χ1v) is 14.4. The van der Waals surface area contributed by atoms with Crippen molar-refractivity contribution in [2.45, 2.75) is 64.2 Å². The maximum absolute atomic E-state index is 13.1. The summed E-state index contributed by atoms with van der Waals surface area (Å²) in [6, 6.07) is 15.5. The fraction of sp³-hybridized carbons (Fsp3) is 0.500. The van der Waals surface area contributed by atoms with E-state index in [1.807, 2.05) is 48.5 Å². The molecule has 4 aliphatic rings. The third kappa shape index (κ3) is 5.59. The first kappa shape index (κ1) is 25.0. The van der Waals surface area contributed by atoms with Crippen molar-refractivity contribution in [3.63, 3.8) is 0 Å². The molecule has 198 valence electrons. The van der Waals surface area contributed by atoms with Crippen LogP contribution < -0.4 is 10.1 Å². The molecule has 0 radical (unpaired) electrons. The normalized spacial score (nSPS) is 25.3. The number of pyridine rings is 3. The van der Waals surface area contributed by atoms with Crippen LogP contribution in [0.15, 0.2) is 60.9 Å². The maximum Gasteiger partial charge on any atom is 0.226 e. The number of hydrogen-bond acceptors (Lipinski definition) is 5. The molecule has 38 heavy (non-hydrogen) atoms. The highest BCUT2D eigenvalue weighted by molar-refractivity contribution is 5.83. The number of carbonyl (C=O) groups is 1. The number of carbonyl (C=O) groups excluding carboxylic acids is 1. The molecule has 4 aliphatic carbocycles. The van der Waals surface area contributed by atoms with Gasteiger partial charge in [0.05, 0.1) is 29.4 Å². The number of rotatable bonds is 11. The van der Waals surface area contributed by atoms with Crippen molar-refractivity contribution in [3.8, 4) is 28.5 Å². The van der Waals surface area contributed by atoms with Crippen LogP contribution in [0.4, 0.5) is 0 Å². The smallest absolute Gasteiger partial charge is 0.226 e. The largest absolute Gasteiger partial charge is 0.493 e. The van der Waals surface area contributed by atoms with E-state index in [1.54, 1.807) is 12.4 Å². The summed E-state index contributed by atoms with van der Waals surface area (Å²) in [5, 5.41) is 3.31. The zero-order valence-electron chi connectivity index (χ0n) is 22.1. The van der Waals surface area contributed by atoms with E-state index in [9.17, 15) is 4.79 Å². The zero-order chi connectivity index (χ0) is 25.8. The molecule has 4 fully saturated rings. The molecule has 1 amide bonds. The lowest BCUT2D eigenvalue weighted by Gasteiger charge is -2.55. The summed E-state index contributed by atoms with van der Waals surface area (Å²) in [7, 11) is 0. The number of ether oxygens (including phenoxy) is 1. The molecule has 0 spiro atoms. The lowest BCUT2D eigenvalue weighted by molar-refractivity contribution is -0.146. The first-order chi connectivity index (χ1) is 18.7. The molecule has 6 heteroatoms. The topological polar surface area (TPSA) is 77.0 Å². The van der Waals surface area contributed by atoms with Gasteiger partial charge in [-0.15, -0.1) is 0 Å². The predicted molar refractivity (Wildman–Crippen MR) is 148 cm³/mol. The summed E-state index contributed by atoms with van der Waals surface area (Å²) in [5.74, 6) is 3.57. The Balaban J connectivity index is 0.958. The lowest BCUT2D eigenvalue weighted by Crippen LogP contribution is -2.53. The lowest BCUT2D eigenvalue weighted by atomic mass is 9.49. The molecule has 3 aromatic heterocycles. The minimum Gasteiger partial charge on any atom is -0.493 e. The zero-order valence-corrected chi connectivity index (χ0v) is 22.1. The third-order valence-corrected chi connectivity index (χ3v) is 8.80. The molecule has 3 heterocycles. The fourth-order valence-electron chi connectivity index (χ4n) is 7.43. The second kappa shape index (κ2) is 11.2. The maximum atomic E-state index is 13.1. The summed E-state index contributed by atoms with van der Waals surface area (Å²) in [5.41, 5.74) is 3.14. The van der Waals surface area contributed by atoms with Crippen LogP contribution in [0.2, 0.25) is 0 Å². The number of nitrogens with one attached hydrogen (secondary N) is 1. The SMILES string of the molecule is O=C(NCCCCCCOc1cc(-c2ccccn2)nc(-c2ccccn2)c1)C12CC3CC(CC(C3)C1)C2. The summed E-state index contributed by atoms with van der Waals surface area (Å²) in [6.07, 6.45) is 15.3. The van der Waals surface area contributed by atoms with Crippen molar-refractivity contribution >= 4 is 5.91 Å². The number of hydrogen-bond donors (Lipinski definition) is 1. The van der Waals surface area contributed by atoms with Gasteiger partial charge in [0.25, 0.3) is 0 Å². The Morgan fingerprint density at radius 2 is 1.37 bits per heavy atom. The van der Waals surface area contributed by atoms with Crippen molar-refractivity contribution < 1.29 is 9.53 Å². The van der Waals surface area contributed by atoms with E-state index in [0.29, 0.717) is 12.5 Å². The van der Waals surface area contributed by atoms with Gasteiger partial charge in [-0.1, -0.05) is 25.0 Å². The van der Waals surface area contributed by atoms with Crippen molar-refractivity contribution in [1.29, 1.82) is 0 Å². The second-order valence-electron chi connectivity index (χ2n) is 11.7. The van der Waals surface area contributed by atoms with Gasteiger partial charge in [-0.3, -0.25) is 14.8 Å². The second-order valence-corrected chi connectivity index (χ2v) is 11.7. The molecule has 6 nitrogen and oxygen atoms in total. The van der Waals surface area contributed by atoms with E-state index in [4.69, 9.17) is 9.72 Å². The molecule has 4 bridgehead atoms. The van der Waals surface area contributed by atoms with Gasteiger partial charge in [-0.05, 0) is 93.4 Å². The summed E-state index contributed by atoms with van der Waals surface area (Å²) >= 11 is 0. The van der Waals surface area contributed by atoms with Crippen molar-refractivity contribution in [2.24, 2.45) is 23.2 Å². The quantitative estimate of drug-likeness (QED) is 0.299. The van der Waals surface area contributed by atoms with Gasteiger partial charge < -0.3 is 10.1 Å². The molecule has 4 saturated carbocycles. The van der Waals surface area contributed by atoms with E-state index in [1.165, 1.54) is 19.3 Å². The van der Waals surface area contributed by atoms with E-state index in [2.05, 4.69) is 15.3 Å². The Hall–Kier alpha value is -3.28. The van der Waals surface area contributed by atoms with Gasteiger partial charge in [0.1, 0.15) is 5.75 Å². The Morgan fingerprint density at radius 1 is 0.789 bits per heavy atom. The van der Waals surface area contributed by atoms with Gasteiger partial charge >= 0.3 is 0 Å². The number of aromatic nitrogens is 3. The first-order valence-electron chi connectivity index (χ1n) is 14.4. The molecule has 1 N–H and O–H groups in total. The van der Waals surface area contributed by atoms with Crippen LogP contribution >= 0.6 is 0 Å². The molecule has 0 atom stereocenters. The van der Waals surface area contributed by atoms with Gasteiger partial charge in [0, 0.05) is 36.5 Å². The highest BCUT2D eigenvalue weighted by Gasteiger charge is 2.54. The van der Waals surface area contributed by atoms with Gasteiger partial charge in [0.15, 0.2) is 0 Å². The van der Waals surface area contributed by atoms with Gasteiger partial charge in [-0.2, -0.15) is 0 Å². The minimum atomic E-state index is -0.0324. The van der Waals surface area contributed by atoms with Gasteiger partial charge in [0.2, 0.25) is 5.91 Å². The third-order valence-electron chi connectivity index (χ3n) is 8.80. The summed E-state index contributed by atoms with van der Waals surface area (Å²) in [4.78, 5) is 26.8. The molecule has 0 aromatic carbocycles. The van der Waals surface area contributed by atoms with E-state index >= 15 is 0 Å². The molecule has 3 aromatic rings.